The molecule has 0 aliphatic carbocycles. The van der Waals surface area contributed by atoms with Crippen molar-refractivity contribution in [1.82, 2.24) is 5.32 Å². The normalized spacial score (nSPS) is 7.60. The number of nitrogens with zero attached hydrogens (tertiary/aromatic N) is 2. The Balaban J connectivity index is 3.60. The Bertz CT molecular complexity index is 193. The molecule has 0 bridgehead atoms. The van der Waals surface area contributed by atoms with Gasteiger partial charge in [0, 0.05) is 0 Å². The van der Waals surface area contributed by atoms with Gasteiger partial charge in [0.05, 0.1) is 6.54 Å². The lowest BCUT2D eigenvalue weighted by atomic mass is 10.4. The zero-order valence-corrected chi connectivity index (χ0v) is 5.07. The summed E-state index contributed by atoms with van der Waals surface area (Å²) in [4.78, 5) is 22.8. The summed E-state index contributed by atoms with van der Waals surface area (Å²) in [5.74, 6) is -0.527. The number of carbonyl (C=O) groups is 2. The van der Waals surface area contributed by atoms with Crippen LogP contribution in [0.3, 0.4) is 0 Å². The molecule has 0 aromatic carbocycles. The van der Waals surface area contributed by atoms with Crippen LogP contribution in [0, 0.1) is 0 Å². The summed E-state index contributed by atoms with van der Waals surface area (Å²) in [5.41, 5.74) is 12.4. The van der Waals surface area contributed by atoms with Crippen LogP contribution in [-0.4, -0.2) is 29.4 Å². The summed E-state index contributed by atoms with van der Waals surface area (Å²) in [6.45, 7) is -0.251. The van der Waals surface area contributed by atoms with E-state index in [0.29, 0.717) is 6.21 Å². The van der Waals surface area contributed by atoms with Gasteiger partial charge in [0.1, 0.15) is 0 Å². The largest absolute Gasteiger partial charge is 0.361 e. The molecule has 54 valence electrons. The number of nitrogens with one attached hydrogen (secondary N) is 1. The lowest BCUT2D eigenvalue weighted by Crippen LogP contribution is -2.34. The van der Waals surface area contributed by atoms with Crippen LogP contribution in [0.5, 0.6) is 0 Å². The van der Waals surface area contributed by atoms with E-state index < -0.39 is 11.8 Å². The second-order valence-corrected chi connectivity index (χ2v) is 1.43. The first-order valence-corrected chi connectivity index (χ1v) is 2.40. The van der Waals surface area contributed by atoms with E-state index in [4.69, 9.17) is 5.53 Å². The minimum atomic E-state index is -0.792. The van der Waals surface area contributed by atoms with Crippen LogP contribution >= 0.6 is 0 Å². The molecule has 3 N–H and O–H groups in total. The van der Waals surface area contributed by atoms with Crippen LogP contribution in [0.4, 0.5) is 4.79 Å². The summed E-state index contributed by atoms with van der Waals surface area (Å²) in [7, 11) is 0. The van der Waals surface area contributed by atoms with Crippen molar-refractivity contribution in [3.63, 3.8) is 0 Å². The first-order valence-electron chi connectivity index (χ1n) is 2.40. The van der Waals surface area contributed by atoms with Gasteiger partial charge in [0.15, 0.2) is 0 Å². The van der Waals surface area contributed by atoms with Crippen LogP contribution in [0.1, 0.15) is 0 Å². The van der Waals surface area contributed by atoms with Crippen molar-refractivity contribution < 1.29 is 14.4 Å². The van der Waals surface area contributed by atoms with E-state index in [1.165, 1.54) is 0 Å². The lowest BCUT2D eigenvalue weighted by Gasteiger charge is -1.91. The molecule has 0 atom stereocenters. The standard InChI is InChI=1S/C4H6N4O2/c5-4(10)7-1-3(9)2-8-6/h2H,1H2,(H3,5,7,10). The summed E-state index contributed by atoms with van der Waals surface area (Å²) in [6, 6.07) is -0.792. The third kappa shape index (κ3) is 4.48. The molecule has 0 saturated carbocycles. The van der Waals surface area contributed by atoms with E-state index >= 15 is 0 Å². The van der Waals surface area contributed by atoms with Crippen molar-refractivity contribution in [3.05, 3.63) is 5.53 Å². The van der Waals surface area contributed by atoms with Crippen LogP contribution < -0.4 is 11.1 Å². The molecule has 2 amide bonds. The predicted molar refractivity (Wildman–Crippen MR) is 32.3 cm³/mol. The van der Waals surface area contributed by atoms with Gasteiger partial charge in [0.25, 0.3) is 5.78 Å². The SMILES string of the molecule is [N-]=[N+]=CC(=O)CNC(N)=O. The molecular formula is C4H6N4O2. The van der Waals surface area contributed by atoms with Gasteiger partial charge in [-0.05, 0) is 0 Å². The van der Waals surface area contributed by atoms with Crippen LogP contribution in [0.2, 0.25) is 0 Å². The van der Waals surface area contributed by atoms with Crippen molar-refractivity contribution in [3.8, 4) is 0 Å². The summed E-state index contributed by atoms with van der Waals surface area (Å²) in [6.07, 6.45) is 0.677. The average molecular weight is 142 g/mol. The number of hydrogen-bond acceptors (Lipinski definition) is 2. The predicted octanol–water partition coefficient (Wildman–Crippen LogP) is -1.48. The Hall–Kier alpha value is -1.68. The van der Waals surface area contributed by atoms with Gasteiger partial charge >= 0.3 is 12.2 Å². The maximum atomic E-state index is 10.4. The van der Waals surface area contributed by atoms with Crippen LogP contribution in [0.25, 0.3) is 5.53 Å². The lowest BCUT2D eigenvalue weighted by molar-refractivity contribution is -0.115. The van der Waals surface area contributed by atoms with Gasteiger partial charge in [-0.2, -0.15) is 4.79 Å². The Morgan fingerprint density at radius 3 is 2.70 bits per heavy atom. The Morgan fingerprint density at radius 2 is 2.30 bits per heavy atom. The molecule has 0 aromatic heterocycles. The molecule has 0 rings (SSSR count). The zero-order chi connectivity index (χ0) is 7.98. The van der Waals surface area contributed by atoms with Gasteiger partial charge in [-0.1, -0.05) is 0 Å². The quantitative estimate of drug-likeness (QED) is 0.285. The molecular weight excluding hydrogens is 136 g/mol. The molecule has 0 aromatic rings. The van der Waals surface area contributed by atoms with Gasteiger partial charge in [-0.3, -0.25) is 4.79 Å². The van der Waals surface area contributed by atoms with Gasteiger partial charge in [-0.25, -0.2) is 4.79 Å². The van der Waals surface area contributed by atoms with Crippen LogP contribution in [0.15, 0.2) is 0 Å². The van der Waals surface area contributed by atoms with E-state index in [2.05, 4.69) is 10.5 Å². The number of amides is 2. The Kier molecular flexibility index (Phi) is 3.51. The monoisotopic (exact) mass is 142 g/mol. The molecule has 6 heteroatoms. The highest BCUT2D eigenvalue weighted by atomic mass is 16.2. The zero-order valence-electron chi connectivity index (χ0n) is 5.07. The molecule has 0 unspecified atom stereocenters. The number of Topliss-reactive ketones (excluding diaryl/α,β-unsaturated/α-hetero) is 1. The number of carbonyl (C=O) groups excluding carboxylic acids is 2. The molecule has 0 saturated heterocycles. The van der Waals surface area contributed by atoms with Gasteiger partial charge in [-0.15, -0.1) is 0 Å². The molecule has 0 aliphatic rings. The minimum Gasteiger partial charge on any atom is -0.361 e. The number of nitrogens with two attached hydrogens (primary N) is 1. The molecule has 0 aliphatic heterocycles. The Morgan fingerprint density at radius 1 is 1.70 bits per heavy atom. The van der Waals surface area contributed by atoms with Gasteiger partial charge < -0.3 is 16.6 Å². The molecule has 0 radical (unpaired) electrons. The first-order chi connectivity index (χ1) is 4.66. The van der Waals surface area contributed by atoms with Crippen molar-refractivity contribution in [1.29, 1.82) is 0 Å². The van der Waals surface area contributed by atoms with E-state index in [1.54, 1.807) is 0 Å². The van der Waals surface area contributed by atoms with E-state index in [0.717, 1.165) is 0 Å². The molecule has 10 heavy (non-hydrogen) atoms. The number of ketones is 1. The molecule has 0 spiro atoms. The Labute approximate surface area is 56.6 Å². The second-order valence-electron chi connectivity index (χ2n) is 1.43. The number of urea groups is 1. The molecule has 0 heterocycles. The number of rotatable bonds is 3. The highest BCUT2D eigenvalue weighted by molar-refractivity contribution is 6.26. The van der Waals surface area contributed by atoms with Gasteiger partial charge in [0.2, 0.25) is 0 Å². The fraction of sp³-hybridized carbons (Fsp3) is 0.250. The summed E-state index contributed by atoms with van der Waals surface area (Å²) >= 11 is 0. The van der Waals surface area contributed by atoms with Crippen molar-refractivity contribution in [2.24, 2.45) is 5.73 Å². The third-order valence-corrected chi connectivity index (χ3v) is 0.639. The summed E-state index contributed by atoms with van der Waals surface area (Å²) in [5, 5.41) is 2.02. The highest BCUT2D eigenvalue weighted by Crippen LogP contribution is 1.60. The van der Waals surface area contributed by atoms with Crippen LogP contribution in [-0.2, 0) is 4.79 Å². The average Bonchev–Trinajstić information content (AvgIpc) is 1.85. The fourth-order valence-electron chi connectivity index (χ4n) is 0.284. The third-order valence-electron chi connectivity index (χ3n) is 0.639. The molecule has 0 fully saturated rings. The fourth-order valence-corrected chi connectivity index (χ4v) is 0.284. The topological polar surface area (TPSA) is 109 Å². The number of hydrogen-bond donors (Lipinski definition) is 2. The minimum absolute atomic E-state index is 0.251. The summed E-state index contributed by atoms with van der Waals surface area (Å²) < 4.78 is 0. The second kappa shape index (κ2) is 4.22. The van der Waals surface area contributed by atoms with Crippen molar-refractivity contribution >= 4 is 18.0 Å². The van der Waals surface area contributed by atoms with E-state index in [9.17, 15) is 9.59 Å². The maximum absolute atomic E-state index is 10.4. The highest BCUT2D eigenvalue weighted by Gasteiger charge is 2.01. The molecule has 6 nitrogen and oxygen atoms in total. The van der Waals surface area contributed by atoms with Crippen molar-refractivity contribution in [2.75, 3.05) is 6.54 Å². The smallest absolute Gasteiger partial charge is 0.325 e. The van der Waals surface area contributed by atoms with Crippen molar-refractivity contribution in [2.45, 2.75) is 0 Å². The number of primary amides is 1. The maximum Gasteiger partial charge on any atom is 0.325 e. The van der Waals surface area contributed by atoms with E-state index in [-0.39, 0.29) is 6.54 Å². The van der Waals surface area contributed by atoms with E-state index in [1.807, 2.05) is 5.32 Å². The first kappa shape index (κ1) is 8.32.